The second-order valence-electron chi connectivity index (χ2n) is 7.69. The summed E-state index contributed by atoms with van der Waals surface area (Å²) in [5.41, 5.74) is 1.47. The fourth-order valence-electron chi connectivity index (χ4n) is 5.26. The van der Waals surface area contributed by atoms with Gasteiger partial charge in [-0.2, -0.15) is 0 Å². The lowest BCUT2D eigenvalue weighted by Gasteiger charge is -2.54. The number of ketones is 1. The minimum Gasteiger partial charge on any atom is -0.288 e. The number of aliphatic imine (C=N–C) groups is 1. The van der Waals surface area contributed by atoms with Crippen LogP contribution in [-0.4, -0.2) is 17.2 Å². The first-order valence-corrected chi connectivity index (χ1v) is 8.55. The molecule has 5 rings (SSSR count). The zero-order chi connectivity index (χ0) is 15.2. The summed E-state index contributed by atoms with van der Waals surface area (Å²) in [6, 6.07) is 9.45. The molecule has 4 aliphatic carbocycles. The lowest BCUT2D eigenvalue weighted by molar-refractivity contribution is 0.00203. The van der Waals surface area contributed by atoms with Gasteiger partial charge in [-0.1, -0.05) is 30.3 Å². The number of hydrogen-bond acceptors (Lipinski definition) is 2. The van der Waals surface area contributed by atoms with Crippen LogP contribution >= 0.6 is 0 Å². The Morgan fingerprint density at radius 1 is 1.05 bits per heavy atom. The maximum absolute atomic E-state index is 12.4. The number of carbonyl (C=O) groups excluding carboxylic acids is 1. The molecule has 2 heteroatoms. The highest BCUT2D eigenvalue weighted by Crippen LogP contribution is 2.57. The molecule has 0 unspecified atom stereocenters. The van der Waals surface area contributed by atoms with E-state index in [-0.39, 0.29) is 11.3 Å². The second-order valence-corrected chi connectivity index (χ2v) is 7.69. The van der Waals surface area contributed by atoms with Gasteiger partial charge in [-0.05, 0) is 69.1 Å². The van der Waals surface area contributed by atoms with Gasteiger partial charge in [0.1, 0.15) is 0 Å². The summed E-state index contributed by atoms with van der Waals surface area (Å²) >= 11 is 0. The molecule has 4 bridgehead atoms. The molecule has 22 heavy (non-hydrogen) atoms. The van der Waals surface area contributed by atoms with Gasteiger partial charge >= 0.3 is 0 Å². The monoisotopic (exact) mass is 293 g/mol. The number of Topliss-reactive ketones (excluding diaryl/α,β-unsaturated/α-hetero) is 1. The topological polar surface area (TPSA) is 29.4 Å². The van der Waals surface area contributed by atoms with Crippen molar-refractivity contribution in [2.75, 3.05) is 0 Å². The van der Waals surface area contributed by atoms with Crippen molar-refractivity contribution in [3.05, 3.63) is 41.5 Å². The minimum atomic E-state index is 0.0501. The average Bonchev–Trinajstić information content (AvgIpc) is 2.51. The molecule has 0 radical (unpaired) electrons. The molecule has 114 valence electrons. The van der Waals surface area contributed by atoms with E-state index in [4.69, 9.17) is 4.99 Å². The maximum atomic E-state index is 12.4. The van der Waals surface area contributed by atoms with E-state index in [1.807, 2.05) is 37.3 Å². The summed E-state index contributed by atoms with van der Waals surface area (Å²) in [7, 11) is 0. The molecule has 4 fully saturated rings. The van der Waals surface area contributed by atoms with Crippen LogP contribution in [0.3, 0.4) is 0 Å². The fraction of sp³-hybridized carbons (Fsp3) is 0.550. The Hall–Kier alpha value is -1.66. The van der Waals surface area contributed by atoms with E-state index in [1.54, 1.807) is 0 Å². The normalized spacial score (nSPS) is 35.0. The van der Waals surface area contributed by atoms with Crippen LogP contribution in [0, 0.1) is 17.8 Å². The maximum Gasteiger partial charge on any atom is 0.197 e. The molecule has 0 heterocycles. The standard InChI is InChI=1S/C20H23NO/c1-14(19(22)18-5-3-2-4-6-18)13-21-20-10-15-7-16(11-20)9-17(8-15)12-20/h2-6,15-17H,7-12H2,1H3. The van der Waals surface area contributed by atoms with Crippen LogP contribution in [0.1, 0.15) is 55.8 Å². The van der Waals surface area contributed by atoms with Crippen molar-refractivity contribution in [3.63, 3.8) is 0 Å². The van der Waals surface area contributed by atoms with Gasteiger partial charge in [-0.25, -0.2) is 4.99 Å². The van der Waals surface area contributed by atoms with Crippen molar-refractivity contribution in [3.8, 4) is 0 Å². The summed E-state index contributed by atoms with van der Waals surface area (Å²) in [5, 5.41) is 0. The van der Waals surface area contributed by atoms with E-state index in [2.05, 4.69) is 5.87 Å². The van der Waals surface area contributed by atoms with Crippen LogP contribution in [0.4, 0.5) is 0 Å². The molecule has 1 aromatic carbocycles. The Kier molecular flexibility index (Phi) is 3.31. The van der Waals surface area contributed by atoms with Crippen LogP contribution in [0.15, 0.2) is 40.9 Å². The molecule has 0 aliphatic heterocycles. The van der Waals surface area contributed by atoms with E-state index in [1.165, 1.54) is 38.5 Å². The van der Waals surface area contributed by atoms with E-state index in [9.17, 15) is 4.79 Å². The van der Waals surface area contributed by atoms with Gasteiger partial charge in [-0.15, -0.1) is 0 Å². The molecule has 4 saturated carbocycles. The molecule has 0 amide bonds. The summed E-state index contributed by atoms with van der Waals surface area (Å²) in [4.78, 5) is 17.3. The predicted octanol–water partition coefficient (Wildman–Crippen LogP) is 4.45. The van der Waals surface area contributed by atoms with Gasteiger partial charge in [0.2, 0.25) is 0 Å². The number of rotatable bonds is 3. The zero-order valence-electron chi connectivity index (χ0n) is 13.2. The van der Waals surface area contributed by atoms with Gasteiger partial charge in [-0.3, -0.25) is 4.79 Å². The highest BCUT2D eigenvalue weighted by Gasteiger charge is 2.50. The van der Waals surface area contributed by atoms with E-state index < -0.39 is 0 Å². The molecular formula is C20H23NO. The van der Waals surface area contributed by atoms with Crippen molar-refractivity contribution < 1.29 is 4.79 Å². The van der Waals surface area contributed by atoms with Gasteiger partial charge in [0.15, 0.2) is 5.78 Å². The van der Waals surface area contributed by atoms with Crippen molar-refractivity contribution in [2.24, 2.45) is 22.7 Å². The molecule has 0 N–H and O–H groups in total. The number of hydrogen-bond donors (Lipinski definition) is 0. The number of nitrogens with zero attached hydrogens (tertiary/aromatic N) is 1. The van der Waals surface area contributed by atoms with Crippen molar-refractivity contribution in [1.82, 2.24) is 0 Å². The molecule has 4 aliphatic rings. The van der Waals surface area contributed by atoms with E-state index >= 15 is 0 Å². The highest BCUT2D eigenvalue weighted by atomic mass is 16.1. The average molecular weight is 293 g/mol. The second kappa shape index (κ2) is 5.21. The Morgan fingerprint density at radius 3 is 2.14 bits per heavy atom. The van der Waals surface area contributed by atoms with Crippen LogP contribution in [0.5, 0.6) is 0 Å². The molecule has 2 nitrogen and oxygen atoms in total. The summed E-state index contributed by atoms with van der Waals surface area (Å²) in [6.07, 6.45) is 7.91. The van der Waals surface area contributed by atoms with Crippen LogP contribution in [0.2, 0.25) is 0 Å². The molecule has 0 spiro atoms. The van der Waals surface area contributed by atoms with Crippen molar-refractivity contribution in [2.45, 2.75) is 51.0 Å². The molecule has 0 saturated heterocycles. The van der Waals surface area contributed by atoms with Crippen LogP contribution in [0.25, 0.3) is 0 Å². The summed E-state index contributed by atoms with van der Waals surface area (Å²) in [6.45, 7) is 1.85. The van der Waals surface area contributed by atoms with Gasteiger partial charge in [0.05, 0.1) is 11.1 Å². The van der Waals surface area contributed by atoms with Gasteiger partial charge < -0.3 is 0 Å². The Labute approximate surface area is 132 Å². The smallest absolute Gasteiger partial charge is 0.197 e. The third-order valence-electron chi connectivity index (χ3n) is 5.84. The van der Waals surface area contributed by atoms with E-state index in [0.29, 0.717) is 5.57 Å². The quantitative estimate of drug-likeness (QED) is 0.460. The minimum absolute atomic E-state index is 0.0501. The summed E-state index contributed by atoms with van der Waals surface area (Å²) in [5.74, 6) is 5.81. The number of allylic oxidation sites excluding steroid dienone is 1. The van der Waals surface area contributed by atoms with E-state index in [0.717, 1.165) is 23.3 Å². The first-order chi connectivity index (χ1) is 10.6. The Morgan fingerprint density at radius 2 is 1.59 bits per heavy atom. The molecule has 1 aromatic rings. The Bertz CT molecular complexity index is 616. The number of carbonyl (C=O) groups is 1. The molecular weight excluding hydrogens is 270 g/mol. The lowest BCUT2D eigenvalue weighted by Crippen LogP contribution is -2.49. The third-order valence-corrected chi connectivity index (χ3v) is 5.84. The largest absolute Gasteiger partial charge is 0.288 e. The SMILES string of the molecule is CC(=C=NC12CC3CC(CC(C3)C1)C2)C(=O)c1ccccc1. The fourth-order valence-corrected chi connectivity index (χ4v) is 5.26. The Balaban J connectivity index is 1.59. The molecule has 0 aromatic heterocycles. The first kappa shape index (κ1) is 14.0. The predicted molar refractivity (Wildman–Crippen MR) is 88.3 cm³/mol. The van der Waals surface area contributed by atoms with Crippen molar-refractivity contribution in [1.29, 1.82) is 0 Å². The molecule has 0 atom stereocenters. The number of benzene rings is 1. The van der Waals surface area contributed by atoms with Crippen molar-refractivity contribution >= 4 is 11.7 Å². The lowest BCUT2D eigenvalue weighted by atomic mass is 9.53. The van der Waals surface area contributed by atoms with Gasteiger partial charge in [0.25, 0.3) is 0 Å². The first-order valence-electron chi connectivity index (χ1n) is 8.55. The third kappa shape index (κ3) is 2.46. The van der Waals surface area contributed by atoms with Crippen LogP contribution < -0.4 is 0 Å². The highest BCUT2D eigenvalue weighted by molar-refractivity contribution is 6.13. The zero-order valence-corrected chi connectivity index (χ0v) is 13.2. The van der Waals surface area contributed by atoms with Crippen LogP contribution in [-0.2, 0) is 0 Å². The van der Waals surface area contributed by atoms with Gasteiger partial charge in [0, 0.05) is 5.56 Å². The summed E-state index contributed by atoms with van der Waals surface area (Å²) < 4.78 is 0.